The van der Waals surface area contributed by atoms with Crippen molar-refractivity contribution in [3.63, 3.8) is 0 Å². The van der Waals surface area contributed by atoms with Gasteiger partial charge in [0.1, 0.15) is 19.0 Å². The lowest BCUT2D eigenvalue weighted by molar-refractivity contribution is -0.146. The van der Waals surface area contributed by atoms with Gasteiger partial charge >= 0.3 is 12.1 Å². The summed E-state index contributed by atoms with van der Waals surface area (Å²) in [6.45, 7) is 6.04. The molecule has 2 saturated carbocycles. The molecule has 10 heteroatoms. The molecule has 1 unspecified atom stereocenters. The number of aryl methyl sites for hydroxylation is 1. The normalized spacial score (nSPS) is 32.2. The molecule has 0 bridgehead atoms. The lowest BCUT2D eigenvalue weighted by atomic mass is 9.55. The fraction of sp³-hybridized carbons (Fsp3) is 0.714. The first-order valence-corrected chi connectivity index (χ1v) is 14.4. The van der Waals surface area contributed by atoms with Crippen LogP contribution in [0, 0.1) is 22.2 Å². The SMILES string of the molecule is CC(C)(SN=O)C1COC(=O)N1CCOC(=O)COc1ccc2c(c1)CC[C@@H]1[C@@H]2CC[C@]2(C)[C@@H](O)CC[C@@H]12. The van der Waals surface area contributed by atoms with E-state index < -0.39 is 16.8 Å². The Morgan fingerprint density at radius 3 is 2.89 bits per heavy atom. The van der Waals surface area contributed by atoms with Crippen LogP contribution in [0.1, 0.15) is 69.9 Å². The zero-order valence-corrected chi connectivity index (χ0v) is 23.2. The molecule has 1 heterocycles. The summed E-state index contributed by atoms with van der Waals surface area (Å²) in [5.41, 5.74) is 2.76. The second kappa shape index (κ2) is 10.7. The van der Waals surface area contributed by atoms with Crippen LogP contribution in [-0.4, -0.2) is 65.3 Å². The van der Waals surface area contributed by atoms with E-state index in [1.54, 1.807) is 0 Å². The Hall–Kier alpha value is -2.33. The molecule has 38 heavy (non-hydrogen) atoms. The van der Waals surface area contributed by atoms with Crippen molar-refractivity contribution in [1.82, 2.24) is 4.90 Å². The van der Waals surface area contributed by atoms with Gasteiger partial charge in [0.05, 0.1) is 23.4 Å². The molecule has 9 nitrogen and oxygen atoms in total. The highest BCUT2D eigenvalue weighted by molar-refractivity contribution is 7.99. The van der Waals surface area contributed by atoms with Crippen molar-refractivity contribution in [2.24, 2.45) is 21.8 Å². The van der Waals surface area contributed by atoms with E-state index in [-0.39, 0.29) is 43.9 Å². The molecule has 1 aromatic carbocycles. The maximum absolute atomic E-state index is 12.3. The Labute approximate surface area is 228 Å². The number of hydrogen-bond donors (Lipinski definition) is 1. The molecule has 3 fully saturated rings. The number of carbonyl (C=O) groups excluding carboxylic acids is 2. The van der Waals surface area contributed by atoms with Crippen LogP contribution in [0.2, 0.25) is 0 Å². The van der Waals surface area contributed by atoms with Gasteiger partial charge in [-0.25, -0.2) is 9.59 Å². The van der Waals surface area contributed by atoms with Crippen molar-refractivity contribution in [2.75, 3.05) is 26.4 Å². The van der Waals surface area contributed by atoms with Crippen molar-refractivity contribution in [2.45, 2.75) is 82.1 Å². The van der Waals surface area contributed by atoms with E-state index in [2.05, 4.69) is 23.6 Å². The molecule has 1 saturated heterocycles. The molecule has 3 aliphatic carbocycles. The second-order valence-corrected chi connectivity index (χ2v) is 13.4. The lowest BCUT2D eigenvalue weighted by Gasteiger charge is -2.50. The third-order valence-corrected chi connectivity index (χ3v) is 10.5. The summed E-state index contributed by atoms with van der Waals surface area (Å²) in [6.07, 6.45) is 5.70. The summed E-state index contributed by atoms with van der Waals surface area (Å²) < 4.78 is 18.5. The van der Waals surface area contributed by atoms with Gasteiger partial charge in [0.15, 0.2) is 6.61 Å². The smallest absolute Gasteiger partial charge is 0.410 e. The van der Waals surface area contributed by atoms with Crippen LogP contribution >= 0.6 is 11.9 Å². The molecule has 208 valence electrons. The monoisotopic (exact) mass is 546 g/mol. The first-order chi connectivity index (χ1) is 18.1. The van der Waals surface area contributed by atoms with Gasteiger partial charge in [-0.1, -0.05) is 13.0 Å². The van der Waals surface area contributed by atoms with Gasteiger partial charge in [0, 0.05) is 16.5 Å². The average molecular weight is 547 g/mol. The number of amides is 1. The van der Waals surface area contributed by atoms with Crippen molar-refractivity contribution in [3.05, 3.63) is 34.2 Å². The maximum Gasteiger partial charge on any atom is 0.410 e. The molecule has 1 amide bonds. The molecular weight excluding hydrogens is 508 g/mol. The molecule has 6 atom stereocenters. The fourth-order valence-electron chi connectivity index (χ4n) is 7.49. The molecule has 0 radical (unpaired) electrons. The molecule has 0 spiro atoms. The Bertz CT molecular complexity index is 1080. The average Bonchev–Trinajstić information content (AvgIpc) is 3.41. The molecule has 1 aliphatic heterocycles. The Morgan fingerprint density at radius 1 is 1.29 bits per heavy atom. The molecule has 0 aromatic heterocycles. The molecular formula is C28H38N2O7S. The number of benzene rings is 1. The van der Waals surface area contributed by atoms with E-state index in [0.29, 0.717) is 23.5 Å². The van der Waals surface area contributed by atoms with E-state index >= 15 is 0 Å². The number of fused-ring (bicyclic) bond motifs is 5. The summed E-state index contributed by atoms with van der Waals surface area (Å²) in [5, 5.41) is 10.6. The van der Waals surface area contributed by atoms with Crippen LogP contribution in [0.5, 0.6) is 5.75 Å². The molecule has 1 N–H and O–H groups in total. The number of aliphatic hydroxyl groups is 1. The third kappa shape index (κ3) is 5.01. The van der Waals surface area contributed by atoms with E-state index in [4.69, 9.17) is 14.2 Å². The van der Waals surface area contributed by atoms with Gasteiger partial charge in [-0.3, -0.25) is 4.90 Å². The van der Waals surface area contributed by atoms with E-state index in [9.17, 15) is 19.6 Å². The number of aliphatic hydroxyl groups excluding tert-OH is 1. The zero-order valence-electron chi connectivity index (χ0n) is 22.4. The van der Waals surface area contributed by atoms with Gasteiger partial charge in [-0.2, -0.15) is 0 Å². The predicted molar refractivity (Wildman–Crippen MR) is 143 cm³/mol. The van der Waals surface area contributed by atoms with Crippen LogP contribution < -0.4 is 4.74 Å². The Balaban J connectivity index is 1.12. The minimum Gasteiger partial charge on any atom is -0.482 e. The largest absolute Gasteiger partial charge is 0.482 e. The second-order valence-electron chi connectivity index (χ2n) is 12.0. The summed E-state index contributed by atoms with van der Waals surface area (Å²) in [4.78, 5) is 36.7. The topological polar surface area (TPSA) is 115 Å². The highest BCUT2D eigenvalue weighted by atomic mass is 32.2. The number of nitroso groups, excluding NO2 is 1. The van der Waals surface area contributed by atoms with Gasteiger partial charge in [0.25, 0.3) is 0 Å². The summed E-state index contributed by atoms with van der Waals surface area (Å²) in [6, 6.07) is 5.81. The van der Waals surface area contributed by atoms with E-state index in [0.717, 1.165) is 50.5 Å². The summed E-state index contributed by atoms with van der Waals surface area (Å²) in [7, 11) is 0. The first-order valence-electron chi connectivity index (χ1n) is 13.7. The quantitative estimate of drug-likeness (QED) is 0.266. The van der Waals surface area contributed by atoms with Gasteiger partial charge < -0.3 is 19.3 Å². The third-order valence-electron chi connectivity index (χ3n) is 9.65. The lowest BCUT2D eigenvalue weighted by Crippen LogP contribution is -2.47. The summed E-state index contributed by atoms with van der Waals surface area (Å²) >= 11 is 0.859. The zero-order chi connectivity index (χ0) is 27.1. The number of hydrogen-bond acceptors (Lipinski definition) is 9. The fourth-order valence-corrected chi connectivity index (χ4v) is 8.00. The maximum atomic E-state index is 12.3. The molecule has 5 rings (SSSR count). The highest BCUT2D eigenvalue weighted by Crippen LogP contribution is 2.60. The number of esters is 1. The van der Waals surface area contributed by atoms with E-state index in [1.165, 1.54) is 16.0 Å². The minimum absolute atomic E-state index is 0.00506. The molecule has 1 aromatic rings. The minimum atomic E-state index is -0.622. The molecule has 4 aliphatic rings. The van der Waals surface area contributed by atoms with Crippen LogP contribution in [0.15, 0.2) is 22.8 Å². The Kier molecular flexibility index (Phi) is 7.66. The van der Waals surface area contributed by atoms with Gasteiger partial charge in [-0.15, -0.1) is 4.91 Å². The van der Waals surface area contributed by atoms with E-state index in [1.807, 2.05) is 19.9 Å². The van der Waals surface area contributed by atoms with Crippen molar-refractivity contribution >= 4 is 24.0 Å². The van der Waals surface area contributed by atoms with Crippen LogP contribution in [-0.2, 0) is 20.7 Å². The Morgan fingerprint density at radius 2 is 2.11 bits per heavy atom. The number of ether oxygens (including phenoxy) is 3. The number of rotatable bonds is 9. The number of nitrogens with zero attached hydrogens (tertiary/aromatic N) is 2. The van der Waals surface area contributed by atoms with Crippen molar-refractivity contribution < 1.29 is 28.9 Å². The number of cyclic esters (lactones) is 1. The van der Waals surface area contributed by atoms with Crippen LogP contribution in [0.3, 0.4) is 0 Å². The van der Waals surface area contributed by atoms with Crippen LogP contribution in [0.4, 0.5) is 4.79 Å². The predicted octanol–water partition coefficient (Wildman–Crippen LogP) is 4.84. The van der Waals surface area contributed by atoms with Crippen molar-refractivity contribution in [1.29, 1.82) is 0 Å². The van der Waals surface area contributed by atoms with Crippen molar-refractivity contribution in [3.8, 4) is 5.75 Å². The van der Waals surface area contributed by atoms with Gasteiger partial charge in [-0.05, 0) is 98.8 Å². The van der Waals surface area contributed by atoms with Gasteiger partial charge in [0.2, 0.25) is 0 Å². The highest BCUT2D eigenvalue weighted by Gasteiger charge is 2.54. The standard InChI is InChI=1S/C28H38N2O7S/c1-27(2,38-29-34)23-15-37-26(33)30(23)12-13-35-25(32)16-36-18-5-7-19-17(14-18)4-6-21-20(19)10-11-28(3)22(21)8-9-24(28)31/h5,7,14,20-24,31H,4,6,8-13,15-16H2,1-3H3/t20-,21-,22+,23?,24+,28+/m1/s1. The first kappa shape index (κ1) is 27.2. The summed E-state index contributed by atoms with van der Waals surface area (Å²) in [5.74, 6) is 1.90. The van der Waals surface area contributed by atoms with Crippen LogP contribution in [0.25, 0.3) is 0 Å². The number of carbonyl (C=O) groups is 2.